The summed E-state index contributed by atoms with van der Waals surface area (Å²) in [6.45, 7) is 2.76. The van der Waals surface area contributed by atoms with Crippen molar-refractivity contribution >= 4 is 27.8 Å². The molecule has 98 valence electrons. The molecule has 0 radical (unpaired) electrons. The van der Waals surface area contributed by atoms with Gasteiger partial charge in [0.15, 0.2) is 0 Å². The summed E-state index contributed by atoms with van der Waals surface area (Å²) in [4.78, 5) is 5.46. The fourth-order valence-electron chi connectivity index (χ4n) is 2.22. The lowest BCUT2D eigenvalue weighted by atomic mass is 10.0. The molecule has 3 aromatic rings. The molecule has 2 aromatic carbocycles. The van der Waals surface area contributed by atoms with Gasteiger partial charge in [-0.05, 0) is 19.1 Å². The van der Waals surface area contributed by atoms with Gasteiger partial charge in [0, 0.05) is 27.5 Å². The van der Waals surface area contributed by atoms with E-state index in [9.17, 15) is 0 Å². The van der Waals surface area contributed by atoms with Gasteiger partial charge in [0.05, 0.1) is 23.2 Å². The van der Waals surface area contributed by atoms with Crippen molar-refractivity contribution in [2.24, 2.45) is 0 Å². The number of nitriles is 1. The molecule has 0 unspecified atom stereocenters. The fourth-order valence-corrected chi connectivity index (χ4v) is 2.95. The number of anilines is 1. The third-order valence-corrected chi connectivity index (χ3v) is 4.08. The summed E-state index contributed by atoms with van der Waals surface area (Å²) in [6.07, 6.45) is 1.90. The van der Waals surface area contributed by atoms with Crippen molar-refractivity contribution in [2.45, 2.75) is 13.5 Å². The molecule has 3 rings (SSSR count). The number of thiazole rings is 1. The van der Waals surface area contributed by atoms with Gasteiger partial charge < -0.3 is 5.32 Å². The van der Waals surface area contributed by atoms with Crippen LogP contribution in [-0.4, -0.2) is 4.98 Å². The Morgan fingerprint density at radius 3 is 2.70 bits per heavy atom. The van der Waals surface area contributed by atoms with Gasteiger partial charge in [-0.25, -0.2) is 4.98 Å². The van der Waals surface area contributed by atoms with Crippen molar-refractivity contribution in [3.63, 3.8) is 0 Å². The van der Waals surface area contributed by atoms with Crippen LogP contribution in [0.2, 0.25) is 0 Å². The first kappa shape index (κ1) is 12.6. The van der Waals surface area contributed by atoms with E-state index >= 15 is 0 Å². The number of fused-ring (bicyclic) bond motifs is 1. The summed E-state index contributed by atoms with van der Waals surface area (Å²) in [5, 5.41) is 15.7. The van der Waals surface area contributed by atoms with Crippen LogP contribution in [0, 0.1) is 18.3 Å². The molecule has 0 saturated carbocycles. The quantitative estimate of drug-likeness (QED) is 0.785. The van der Waals surface area contributed by atoms with Gasteiger partial charge in [0.2, 0.25) is 0 Å². The Morgan fingerprint density at radius 1 is 1.20 bits per heavy atom. The normalized spacial score (nSPS) is 10.4. The van der Waals surface area contributed by atoms with Crippen molar-refractivity contribution in [2.75, 3.05) is 5.32 Å². The lowest BCUT2D eigenvalue weighted by Crippen LogP contribution is -1.98. The molecule has 0 aliphatic heterocycles. The van der Waals surface area contributed by atoms with Gasteiger partial charge in [0.25, 0.3) is 0 Å². The first-order chi connectivity index (χ1) is 9.78. The van der Waals surface area contributed by atoms with Gasteiger partial charge in [-0.3, -0.25) is 0 Å². The molecule has 1 aromatic heterocycles. The monoisotopic (exact) mass is 279 g/mol. The Morgan fingerprint density at radius 2 is 2.00 bits per heavy atom. The molecule has 0 amide bonds. The summed E-state index contributed by atoms with van der Waals surface area (Å²) < 4.78 is 0. The van der Waals surface area contributed by atoms with Crippen molar-refractivity contribution in [1.29, 1.82) is 5.26 Å². The number of aromatic nitrogens is 1. The fraction of sp³-hybridized carbons (Fsp3) is 0.125. The first-order valence-electron chi connectivity index (χ1n) is 6.35. The molecule has 0 fully saturated rings. The van der Waals surface area contributed by atoms with E-state index in [1.807, 2.05) is 49.5 Å². The van der Waals surface area contributed by atoms with Crippen LogP contribution in [0.4, 0.5) is 5.69 Å². The minimum absolute atomic E-state index is 0.708. The van der Waals surface area contributed by atoms with E-state index in [0.717, 1.165) is 28.0 Å². The van der Waals surface area contributed by atoms with E-state index in [1.165, 1.54) is 4.88 Å². The first-order valence-corrected chi connectivity index (χ1v) is 7.16. The topological polar surface area (TPSA) is 48.7 Å². The molecular formula is C16H13N3S. The summed E-state index contributed by atoms with van der Waals surface area (Å²) >= 11 is 1.69. The number of aryl methyl sites for hydroxylation is 1. The van der Waals surface area contributed by atoms with Crippen LogP contribution in [0.1, 0.15) is 15.4 Å². The zero-order valence-corrected chi connectivity index (χ0v) is 11.9. The van der Waals surface area contributed by atoms with Gasteiger partial charge in [-0.1, -0.05) is 24.3 Å². The number of benzene rings is 2. The molecule has 3 nitrogen and oxygen atoms in total. The average molecular weight is 279 g/mol. The molecule has 1 N–H and O–H groups in total. The van der Waals surface area contributed by atoms with E-state index in [4.69, 9.17) is 5.26 Å². The van der Waals surface area contributed by atoms with Crippen LogP contribution in [0.15, 0.2) is 42.6 Å². The number of hydrogen-bond donors (Lipinski definition) is 1. The maximum Gasteiger partial charge on any atom is 0.0998 e. The molecule has 0 aliphatic carbocycles. The number of rotatable bonds is 3. The van der Waals surface area contributed by atoms with Crippen LogP contribution in [0.5, 0.6) is 0 Å². The second-order valence-corrected chi connectivity index (χ2v) is 5.84. The van der Waals surface area contributed by atoms with Crippen LogP contribution in [0.25, 0.3) is 10.8 Å². The highest BCUT2D eigenvalue weighted by atomic mass is 32.1. The minimum atomic E-state index is 0.708. The summed E-state index contributed by atoms with van der Waals surface area (Å²) in [5.41, 5.74) is 1.76. The standard InChI is InChI=1S/C16H13N3S/c1-11-18-9-13(20-11)10-19-16-7-6-12(8-17)14-4-2-3-5-15(14)16/h2-7,9,19H,10H2,1H3. The van der Waals surface area contributed by atoms with Gasteiger partial charge in [0.1, 0.15) is 0 Å². The van der Waals surface area contributed by atoms with Crippen molar-refractivity contribution in [3.8, 4) is 6.07 Å². The Bertz CT molecular complexity index is 799. The van der Waals surface area contributed by atoms with E-state index in [1.54, 1.807) is 11.3 Å². The molecule has 0 spiro atoms. The third kappa shape index (κ3) is 2.36. The van der Waals surface area contributed by atoms with Gasteiger partial charge >= 0.3 is 0 Å². The van der Waals surface area contributed by atoms with Crippen LogP contribution in [-0.2, 0) is 6.54 Å². The SMILES string of the molecule is Cc1ncc(CNc2ccc(C#N)c3ccccc23)s1. The number of nitrogens with one attached hydrogen (secondary N) is 1. The highest BCUT2D eigenvalue weighted by Gasteiger charge is 2.05. The average Bonchev–Trinajstić information content (AvgIpc) is 2.90. The Balaban J connectivity index is 1.94. The molecule has 0 atom stereocenters. The van der Waals surface area contributed by atoms with Crippen molar-refractivity contribution < 1.29 is 0 Å². The highest BCUT2D eigenvalue weighted by molar-refractivity contribution is 7.11. The van der Waals surface area contributed by atoms with E-state index < -0.39 is 0 Å². The van der Waals surface area contributed by atoms with E-state index in [0.29, 0.717) is 5.56 Å². The predicted molar refractivity (Wildman–Crippen MR) is 82.8 cm³/mol. The van der Waals surface area contributed by atoms with Crippen LogP contribution >= 0.6 is 11.3 Å². The van der Waals surface area contributed by atoms with E-state index in [2.05, 4.69) is 16.4 Å². The molecule has 0 aliphatic rings. The third-order valence-electron chi connectivity index (χ3n) is 3.17. The zero-order chi connectivity index (χ0) is 13.9. The Kier molecular flexibility index (Phi) is 3.36. The minimum Gasteiger partial charge on any atom is -0.380 e. The molecule has 20 heavy (non-hydrogen) atoms. The molecule has 0 saturated heterocycles. The molecule has 0 bridgehead atoms. The maximum absolute atomic E-state index is 9.16. The maximum atomic E-state index is 9.16. The summed E-state index contributed by atoms with van der Waals surface area (Å²) in [5.74, 6) is 0. The molecule has 4 heteroatoms. The van der Waals surface area contributed by atoms with Gasteiger partial charge in [-0.2, -0.15) is 5.26 Å². The largest absolute Gasteiger partial charge is 0.380 e. The summed E-state index contributed by atoms with van der Waals surface area (Å²) in [6, 6.07) is 14.0. The number of hydrogen-bond acceptors (Lipinski definition) is 4. The zero-order valence-electron chi connectivity index (χ0n) is 11.1. The van der Waals surface area contributed by atoms with Crippen molar-refractivity contribution in [3.05, 3.63) is 58.0 Å². The number of nitrogens with zero attached hydrogens (tertiary/aromatic N) is 2. The molecule has 1 heterocycles. The van der Waals surface area contributed by atoms with Gasteiger partial charge in [-0.15, -0.1) is 11.3 Å². The Hall–Kier alpha value is -2.38. The lowest BCUT2D eigenvalue weighted by molar-refractivity contribution is 1.17. The van der Waals surface area contributed by atoms with E-state index in [-0.39, 0.29) is 0 Å². The van der Waals surface area contributed by atoms with Crippen molar-refractivity contribution in [1.82, 2.24) is 4.98 Å². The lowest BCUT2D eigenvalue weighted by Gasteiger charge is -2.09. The summed E-state index contributed by atoms with van der Waals surface area (Å²) in [7, 11) is 0. The predicted octanol–water partition coefficient (Wildman–Crippen LogP) is 4.09. The Labute approximate surface area is 121 Å². The second-order valence-electron chi connectivity index (χ2n) is 4.52. The highest BCUT2D eigenvalue weighted by Crippen LogP contribution is 2.27. The van der Waals surface area contributed by atoms with Crippen LogP contribution in [0.3, 0.4) is 0 Å². The smallest absolute Gasteiger partial charge is 0.0998 e. The molecular weight excluding hydrogens is 266 g/mol. The second kappa shape index (κ2) is 5.32. The van der Waals surface area contributed by atoms with Crippen LogP contribution < -0.4 is 5.32 Å².